The van der Waals surface area contributed by atoms with Crippen molar-refractivity contribution >= 4 is 5.97 Å². The normalized spacial score (nSPS) is 14.3. The van der Waals surface area contributed by atoms with Crippen molar-refractivity contribution in [1.29, 1.82) is 0 Å². The summed E-state index contributed by atoms with van der Waals surface area (Å²) >= 11 is 0. The van der Waals surface area contributed by atoms with Gasteiger partial charge in [-0.05, 0) is 44.4 Å². The molecule has 0 saturated heterocycles. The number of carbonyl (C=O) groups is 1. The number of carboxylic acid groups (broad SMARTS) is 1. The van der Waals surface area contributed by atoms with E-state index in [2.05, 4.69) is 37.3 Å². The minimum absolute atomic E-state index is 0.130. The van der Waals surface area contributed by atoms with E-state index in [-0.39, 0.29) is 25.6 Å². The van der Waals surface area contributed by atoms with Crippen molar-refractivity contribution in [2.24, 2.45) is 11.8 Å². The molecule has 4 heteroatoms. The fraction of sp³-hybridized carbons (Fsp3) is 0.720. The summed E-state index contributed by atoms with van der Waals surface area (Å²) in [5.41, 5.74) is 0. The van der Waals surface area contributed by atoms with Crippen molar-refractivity contribution in [1.82, 2.24) is 0 Å². The lowest BCUT2D eigenvalue weighted by atomic mass is 9.94. The first kappa shape index (κ1) is 27.6. The van der Waals surface area contributed by atoms with E-state index in [9.17, 15) is 15.0 Å². The lowest BCUT2D eigenvalue weighted by Crippen LogP contribution is -2.02. The van der Waals surface area contributed by atoms with Crippen molar-refractivity contribution in [2.75, 3.05) is 13.2 Å². The molecule has 0 amide bonds. The third-order valence-corrected chi connectivity index (χ3v) is 5.20. The van der Waals surface area contributed by atoms with Crippen LogP contribution in [-0.4, -0.2) is 34.5 Å². The summed E-state index contributed by atoms with van der Waals surface area (Å²) in [6, 6.07) is 0. The fourth-order valence-corrected chi connectivity index (χ4v) is 3.31. The number of aliphatic hydroxyl groups excluding tert-OH is 2. The minimum Gasteiger partial charge on any atom is -0.481 e. The van der Waals surface area contributed by atoms with Gasteiger partial charge in [-0.1, -0.05) is 81.9 Å². The Morgan fingerprint density at radius 2 is 1.66 bits per heavy atom. The molecule has 0 aromatic rings. The zero-order chi connectivity index (χ0) is 21.6. The van der Waals surface area contributed by atoms with E-state index in [0.29, 0.717) is 5.92 Å². The molecule has 0 aromatic carbocycles. The number of allylic oxidation sites excluding steroid dienone is 5. The predicted molar refractivity (Wildman–Crippen MR) is 122 cm³/mol. The summed E-state index contributed by atoms with van der Waals surface area (Å²) in [5.74, 6) is -0.0261. The van der Waals surface area contributed by atoms with Gasteiger partial charge in [0, 0.05) is 25.6 Å². The molecule has 2 atom stereocenters. The largest absolute Gasteiger partial charge is 0.481 e. The maximum Gasteiger partial charge on any atom is 0.303 e. The Hall–Kier alpha value is -1.39. The smallest absolute Gasteiger partial charge is 0.303 e. The molecular weight excluding hydrogens is 364 g/mol. The van der Waals surface area contributed by atoms with Crippen molar-refractivity contribution in [3.8, 4) is 0 Å². The summed E-state index contributed by atoms with van der Waals surface area (Å²) in [7, 11) is 0. The topological polar surface area (TPSA) is 77.8 Å². The van der Waals surface area contributed by atoms with Gasteiger partial charge in [0.05, 0.1) is 0 Å². The predicted octanol–water partition coefficient (Wildman–Crippen LogP) is 6.05. The first-order chi connectivity index (χ1) is 14.1. The summed E-state index contributed by atoms with van der Waals surface area (Å²) < 4.78 is 0. The van der Waals surface area contributed by atoms with E-state index in [4.69, 9.17) is 5.11 Å². The summed E-state index contributed by atoms with van der Waals surface area (Å²) in [5, 5.41) is 27.3. The number of rotatable bonds is 20. The summed E-state index contributed by atoms with van der Waals surface area (Å²) in [6.07, 6.45) is 25.5. The molecule has 0 spiro atoms. The number of carboxylic acids is 1. The number of aliphatic carboxylic acids is 1. The van der Waals surface area contributed by atoms with Gasteiger partial charge in [-0.3, -0.25) is 4.79 Å². The van der Waals surface area contributed by atoms with Crippen molar-refractivity contribution in [3.63, 3.8) is 0 Å². The average molecular weight is 409 g/mol. The monoisotopic (exact) mass is 408 g/mol. The standard InChI is InChI=1S/C25H44O4/c1-2-3-4-10-15-23(20-21-26)16-12-9-13-18-24(22-27)17-11-7-5-6-8-14-19-25(28)29/h7,9,11-13,18,23-24,26-27H,2-6,8,10,14-17,19-22H2,1H3,(H,28,29). The van der Waals surface area contributed by atoms with Gasteiger partial charge in [-0.2, -0.15) is 0 Å². The van der Waals surface area contributed by atoms with Crippen LogP contribution < -0.4 is 0 Å². The highest BCUT2D eigenvalue weighted by atomic mass is 16.4. The van der Waals surface area contributed by atoms with Crippen LogP contribution in [-0.2, 0) is 4.79 Å². The molecule has 29 heavy (non-hydrogen) atoms. The maximum absolute atomic E-state index is 10.4. The van der Waals surface area contributed by atoms with E-state index < -0.39 is 5.97 Å². The number of hydrogen-bond donors (Lipinski definition) is 3. The lowest BCUT2D eigenvalue weighted by molar-refractivity contribution is -0.137. The van der Waals surface area contributed by atoms with Crippen LogP contribution in [0.2, 0.25) is 0 Å². The molecule has 0 fully saturated rings. The third-order valence-electron chi connectivity index (χ3n) is 5.20. The highest BCUT2D eigenvalue weighted by Gasteiger charge is 2.06. The Morgan fingerprint density at radius 1 is 0.862 bits per heavy atom. The second kappa shape index (κ2) is 21.3. The van der Waals surface area contributed by atoms with Crippen LogP contribution in [0.3, 0.4) is 0 Å². The summed E-state index contributed by atoms with van der Waals surface area (Å²) in [6.45, 7) is 2.62. The third kappa shape index (κ3) is 19.7. The summed E-state index contributed by atoms with van der Waals surface area (Å²) in [4.78, 5) is 10.4. The molecular formula is C25H44O4. The van der Waals surface area contributed by atoms with Crippen molar-refractivity contribution in [3.05, 3.63) is 36.5 Å². The van der Waals surface area contributed by atoms with Gasteiger partial charge >= 0.3 is 5.97 Å². The zero-order valence-electron chi connectivity index (χ0n) is 18.5. The lowest BCUT2D eigenvalue weighted by Gasteiger charge is -2.13. The van der Waals surface area contributed by atoms with E-state index in [0.717, 1.165) is 44.9 Å². The molecule has 0 heterocycles. The van der Waals surface area contributed by atoms with Gasteiger partial charge in [0.15, 0.2) is 0 Å². The fourth-order valence-electron chi connectivity index (χ4n) is 3.31. The Bertz CT molecular complexity index is 454. The molecule has 168 valence electrons. The van der Waals surface area contributed by atoms with E-state index in [1.165, 1.54) is 32.1 Å². The first-order valence-corrected chi connectivity index (χ1v) is 11.6. The average Bonchev–Trinajstić information content (AvgIpc) is 2.70. The quantitative estimate of drug-likeness (QED) is 0.130. The Labute approximate surface area is 178 Å². The Balaban J connectivity index is 4.02. The van der Waals surface area contributed by atoms with Crippen LogP contribution in [0.15, 0.2) is 36.5 Å². The van der Waals surface area contributed by atoms with Crippen LogP contribution in [0.4, 0.5) is 0 Å². The molecule has 0 aliphatic heterocycles. The highest BCUT2D eigenvalue weighted by Crippen LogP contribution is 2.18. The molecule has 0 saturated carbocycles. The van der Waals surface area contributed by atoms with Crippen LogP contribution in [0.25, 0.3) is 0 Å². The molecule has 0 radical (unpaired) electrons. The van der Waals surface area contributed by atoms with E-state index in [1.54, 1.807) is 0 Å². The van der Waals surface area contributed by atoms with Gasteiger partial charge < -0.3 is 15.3 Å². The van der Waals surface area contributed by atoms with E-state index >= 15 is 0 Å². The second-order valence-electron chi connectivity index (χ2n) is 7.92. The first-order valence-electron chi connectivity index (χ1n) is 11.6. The highest BCUT2D eigenvalue weighted by molar-refractivity contribution is 5.66. The van der Waals surface area contributed by atoms with Gasteiger partial charge in [0.1, 0.15) is 0 Å². The van der Waals surface area contributed by atoms with Crippen LogP contribution >= 0.6 is 0 Å². The maximum atomic E-state index is 10.4. The van der Waals surface area contributed by atoms with Gasteiger partial charge in [-0.15, -0.1) is 0 Å². The number of hydrogen-bond acceptors (Lipinski definition) is 3. The number of unbranched alkanes of at least 4 members (excludes halogenated alkanes) is 6. The molecule has 0 aliphatic carbocycles. The number of aliphatic hydroxyl groups is 2. The molecule has 4 nitrogen and oxygen atoms in total. The van der Waals surface area contributed by atoms with Crippen LogP contribution in [0.1, 0.15) is 90.4 Å². The molecule has 0 aromatic heterocycles. The van der Waals surface area contributed by atoms with E-state index in [1.807, 2.05) is 6.08 Å². The van der Waals surface area contributed by atoms with Crippen LogP contribution in [0, 0.1) is 11.8 Å². The second-order valence-corrected chi connectivity index (χ2v) is 7.92. The molecule has 0 rings (SSSR count). The SMILES string of the molecule is CCCCCCC(CC=CC=CC(CO)CC=CCCCCCC(=O)O)CCO. The molecule has 0 aliphatic rings. The molecule has 2 unspecified atom stereocenters. The zero-order valence-corrected chi connectivity index (χ0v) is 18.5. The van der Waals surface area contributed by atoms with Crippen molar-refractivity contribution in [2.45, 2.75) is 90.4 Å². The van der Waals surface area contributed by atoms with Gasteiger partial charge in [0.25, 0.3) is 0 Å². The van der Waals surface area contributed by atoms with Gasteiger partial charge in [-0.25, -0.2) is 0 Å². The van der Waals surface area contributed by atoms with Crippen molar-refractivity contribution < 1.29 is 20.1 Å². The molecule has 3 N–H and O–H groups in total. The minimum atomic E-state index is -0.719. The Morgan fingerprint density at radius 3 is 2.34 bits per heavy atom. The van der Waals surface area contributed by atoms with Crippen LogP contribution in [0.5, 0.6) is 0 Å². The molecule has 0 bridgehead atoms. The van der Waals surface area contributed by atoms with Gasteiger partial charge in [0.2, 0.25) is 0 Å². The Kier molecular flexibility index (Phi) is 20.3.